The molecule has 1 aliphatic heterocycles. The number of aromatic nitrogens is 1. The minimum absolute atomic E-state index is 0.0156. The van der Waals surface area contributed by atoms with Crippen molar-refractivity contribution in [2.45, 2.75) is 32.9 Å². The van der Waals surface area contributed by atoms with Crippen LogP contribution in [0.25, 0.3) is 4.85 Å². The maximum Gasteiger partial charge on any atom is 0.268 e. The number of nitrogens with one attached hydrogen (secondary N) is 1. The third-order valence-corrected chi connectivity index (χ3v) is 6.50. The lowest BCUT2D eigenvalue weighted by molar-refractivity contribution is -0.120. The van der Waals surface area contributed by atoms with Crippen LogP contribution in [0.2, 0.25) is 0 Å². The highest BCUT2D eigenvalue weighted by Gasteiger charge is 2.50. The molecule has 0 radical (unpaired) electrons. The molecule has 2 aromatic carbocycles. The number of nitrogens with zero attached hydrogens (tertiary/aromatic N) is 4. The Bertz CT molecular complexity index is 1400. The first-order valence-electron chi connectivity index (χ1n) is 10.9. The third-order valence-electron chi connectivity index (χ3n) is 6.14. The van der Waals surface area contributed by atoms with Crippen molar-refractivity contribution < 1.29 is 14.0 Å². The van der Waals surface area contributed by atoms with Crippen LogP contribution in [0.15, 0.2) is 54.7 Å². The lowest BCUT2D eigenvalue weighted by Crippen LogP contribution is -2.44. The number of thiocarbonyl (C=S) groups is 1. The Balaban J connectivity index is 1.59. The van der Waals surface area contributed by atoms with Crippen molar-refractivity contribution in [3.8, 4) is 0 Å². The average molecular weight is 490 g/mol. The van der Waals surface area contributed by atoms with Gasteiger partial charge < -0.3 is 14.8 Å². The van der Waals surface area contributed by atoms with Crippen LogP contribution in [-0.4, -0.2) is 27.0 Å². The number of hydrogen-bond acceptors (Lipinski definition) is 3. The first-order chi connectivity index (χ1) is 16.6. The maximum atomic E-state index is 15.1. The van der Waals surface area contributed by atoms with E-state index in [0.29, 0.717) is 28.3 Å². The summed E-state index contributed by atoms with van der Waals surface area (Å²) in [5, 5.41) is 2.95. The topological polar surface area (TPSA) is 61.9 Å². The maximum absolute atomic E-state index is 15.1. The van der Waals surface area contributed by atoms with Crippen LogP contribution in [0.1, 0.15) is 35.5 Å². The van der Waals surface area contributed by atoms with E-state index in [1.54, 1.807) is 85.9 Å². The van der Waals surface area contributed by atoms with Gasteiger partial charge in [0.25, 0.3) is 11.8 Å². The Morgan fingerprint density at radius 3 is 2.49 bits per heavy atom. The predicted molar refractivity (Wildman–Crippen MR) is 137 cm³/mol. The number of aryl methyl sites for hydroxylation is 2. The molecule has 0 atom stereocenters. The van der Waals surface area contributed by atoms with Gasteiger partial charge in [-0.05, 0) is 75.0 Å². The molecule has 2 heterocycles. The fourth-order valence-corrected chi connectivity index (χ4v) is 4.66. The van der Waals surface area contributed by atoms with Gasteiger partial charge in [0, 0.05) is 36.7 Å². The summed E-state index contributed by atoms with van der Waals surface area (Å²) in [6.07, 6.45) is 1.76. The minimum atomic E-state index is -1.06. The molecule has 1 saturated heterocycles. The number of anilines is 2. The van der Waals surface area contributed by atoms with Crippen molar-refractivity contribution in [1.82, 2.24) is 9.88 Å². The van der Waals surface area contributed by atoms with Gasteiger partial charge in [-0.15, -0.1) is 0 Å². The zero-order chi connectivity index (χ0) is 25.5. The van der Waals surface area contributed by atoms with Gasteiger partial charge >= 0.3 is 0 Å². The van der Waals surface area contributed by atoms with E-state index in [4.69, 9.17) is 18.8 Å². The highest BCUT2D eigenvalue weighted by Crippen LogP contribution is 2.38. The van der Waals surface area contributed by atoms with Gasteiger partial charge in [-0.2, -0.15) is 0 Å². The number of benzene rings is 2. The number of halogens is 1. The highest BCUT2D eigenvalue weighted by atomic mass is 32.1. The molecule has 0 unspecified atom stereocenters. The molecule has 1 N–H and O–H groups in total. The van der Waals surface area contributed by atoms with Crippen LogP contribution < -0.4 is 15.1 Å². The van der Waals surface area contributed by atoms with Gasteiger partial charge in [-0.25, -0.2) is 9.24 Å². The van der Waals surface area contributed by atoms with Crippen LogP contribution in [0.4, 0.5) is 21.5 Å². The van der Waals surface area contributed by atoms with Gasteiger partial charge in [0.05, 0.1) is 6.57 Å². The van der Waals surface area contributed by atoms with E-state index >= 15 is 4.39 Å². The van der Waals surface area contributed by atoms with E-state index in [2.05, 4.69) is 10.2 Å². The zero-order valence-electron chi connectivity index (χ0n) is 19.8. The second-order valence-corrected chi connectivity index (χ2v) is 9.23. The molecule has 0 spiro atoms. The van der Waals surface area contributed by atoms with Crippen molar-refractivity contribution in [3.05, 3.63) is 88.8 Å². The van der Waals surface area contributed by atoms with E-state index in [9.17, 15) is 9.59 Å². The summed E-state index contributed by atoms with van der Waals surface area (Å²) < 4.78 is 16.7. The summed E-state index contributed by atoms with van der Waals surface area (Å²) >= 11 is 5.66. The van der Waals surface area contributed by atoms with Crippen LogP contribution in [0, 0.1) is 19.3 Å². The fourth-order valence-electron chi connectivity index (χ4n) is 4.14. The molecule has 7 nitrogen and oxygen atoms in total. The molecule has 35 heavy (non-hydrogen) atoms. The number of rotatable bonds is 5. The van der Waals surface area contributed by atoms with Crippen molar-refractivity contribution in [1.29, 1.82) is 0 Å². The molecule has 1 fully saturated rings. The highest BCUT2D eigenvalue weighted by molar-refractivity contribution is 7.81. The lowest BCUT2D eigenvalue weighted by Gasteiger charge is -2.29. The average Bonchev–Trinajstić information content (AvgIpc) is 3.31. The second kappa shape index (κ2) is 8.96. The molecule has 1 aliphatic rings. The molecule has 0 bridgehead atoms. The molecule has 3 aromatic rings. The lowest BCUT2D eigenvalue weighted by atomic mass is 10.0. The standard InChI is InChI=1S/C26H24FN5O2S/c1-16-13-18(10-11-21(16)28-4)31-24(34)26(2,3)32(25(31)35)19-9-8-17(20(27)14-19)15-29-23(33)22-7-6-12-30(22)5/h6-14H,15H2,1-3,5H3,(H,29,33). The van der Waals surface area contributed by atoms with Crippen LogP contribution in [0.3, 0.4) is 0 Å². The predicted octanol–water partition coefficient (Wildman–Crippen LogP) is 4.87. The fraction of sp³-hybridized carbons (Fsp3) is 0.231. The van der Waals surface area contributed by atoms with E-state index in [-0.39, 0.29) is 23.5 Å². The van der Waals surface area contributed by atoms with Crippen LogP contribution >= 0.6 is 12.2 Å². The summed E-state index contributed by atoms with van der Waals surface area (Å²) in [5.74, 6) is -1.07. The van der Waals surface area contributed by atoms with E-state index in [1.807, 2.05) is 0 Å². The Kier molecular flexibility index (Phi) is 6.17. The van der Waals surface area contributed by atoms with Crippen LogP contribution in [-0.2, 0) is 18.4 Å². The second-order valence-electron chi connectivity index (χ2n) is 8.86. The van der Waals surface area contributed by atoms with Gasteiger partial charge in [0.15, 0.2) is 10.8 Å². The van der Waals surface area contributed by atoms with E-state index in [1.165, 1.54) is 11.0 Å². The molecule has 1 aromatic heterocycles. The van der Waals surface area contributed by atoms with Crippen molar-refractivity contribution >= 4 is 46.2 Å². The van der Waals surface area contributed by atoms with Gasteiger partial charge in [0.2, 0.25) is 0 Å². The Labute approximate surface area is 208 Å². The molecule has 9 heteroatoms. The Morgan fingerprint density at radius 2 is 1.89 bits per heavy atom. The summed E-state index contributed by atoms with van der Waals surface area (Å²) in [6, 6.07) is 13.1. The van der Waals surface area contributed by atoms with Crippen LogP contribution in [0.5, 0.6) is 0 Å². The number of carbonyl (C=O) groups is 2. The zero-order valence-corrected chi connectivity index (χ0v) is 20.6. The summed E-state index contributed by atoms with van der Waals surface area (Å²) in [6.45, 7) is 12.5. The largest absolute Gasteiger partial charge is 0.347 e. The molecular weight excluding hydrogens is 465 g/mol. The number of hydrogen-bond donors (Lipinski definition) is 1. The molecule has 0 saturated carbocycles. The van der Waals surface area contributed by atoms with Gasteiger partial charge in [-0.1, -0.05) is 12.1 Å². The number of carbonyl (C=O) groups excluding carboxylic acids is 2. The Morgan fingerprint density at radius 1 is 1.17 bits per heavy atom. The molecule has 178 valence electrons. The van der Waals surface area contributed by atoms with Crippen molar-refractivity contribution in [2.75, 3.05) is 9.80 Å². The summed E-state index contributed by atoms with van der Waals surface area (Å²) in [4.78, 5) is 32.2. The van der Waals surface area contributed by atoms with Gasteiger partial charge in [-0.3, -0.25) is 14.5 Å². The quantitative estimate of drug-likeness (QED) is 0.410. The first-order valence-corrected chi connectivity index (χ1v) is 11.3. The van der Waals surface area contributed by atoms with E-state index < -0.39 is 11.4 Å². The monoisotopic (exact) mass is 489 g/mol. The summed E-state index contributed by atoms with van der Waals surface area (Å²) in [5.41, 5.74) is 1.95. The molecule has 2 amide bonds. The SMILES string of the molecule is [C-]#[N+]c1ccc(N2C(=O)C(C)(C)N(c3ccc(CNC(=O)c4cccn4C)c(F)c3)C2=S)cc1C. The summed E-state index contributed by atoms with van der Waals surface area (Å²) in [7, 11) is 1.76. The Hall–Kier alpha value is -4.03. The van der Waals surface area contributed by atoms with E-state index in [0.717, 1.165) is 5.56 Å². The molecule has 0 aliphatic carbocycles. The van der Waals surface area contributed by atoms with Crippen molar-refractivity contribution in [3.63, 3.8) is 0 Å². The smallest absolute Gasteiger partial charge is 0.268 e. The molecule has 4 rings (SSSR count). The normalized spacial score (nSPS) is 14.9. The third kappa shape index (κ3) is 4.17. The van der Waals surface area contributed by atoms with Gasteiger partial charge in [0.1, 0.15) is 17.1 Å². The molecular formula is C26H24FN5O2S. The minimum Gasteiger partial charge on any atom is -0.347 e. The van der Waals surface area contributed by atoms with Crippen molar-refractivity contribution in [2.24, 2.45) is 7.05 Å². The first kappa shape index (κ1) is 24.1. The number of amides is 2.